The Balaban J connectivity index is 1.61. The second-order valence-corrected chi connectivity index (χ2v) is 6.08. The molecular formula is C16H18N8O. The lowest BCUT2D eigenvalue weighted by Crippen LogP contribution is -2.15. The maximum Gasteiger partial charge on any atom is 0.157 e. The number of nitrogens with one attached hydrogen (secondary N) is 1. The molecule has 0 aliphatic rings. The Morgan fingerprint density at radius 2 is 1.92 bits per heavy atom. The molecule has 25 heavy (non-hydrogen) atoms. The molecule has 0 aromatic carbocycles. The molecule has 9 nitrogen and oxygen atoms in total. The van der Waals surface area contributed by atoms with E-state index in [2.05, 4.69) is 44.6 Å². The van der Waals surface area contributed by atoms with Crippen LogP contribution in [0.5, 0.6) is 0 Å². The summed E-state index contributed by atoms with van der Waals surface area (Å²) in [5.74, 6) is 2.19. The van der Waals surface area contributed by atoms with Crippen molar-refractivity contribution in [2.24, 2.45) is 0 Å². The van der Waals surface area contributed by atoms with Crippen molar-refractivity contribution in [1.82, 2.24) is 40.0 Å². The minimum atomic E-state index is -0.0896. The predicted octanol–water partition coefficient (Wildman–Crippen LogP) is 2.71. The van der Waals surface area contributed by atoms with Gasteiger partial charge < -0.3 is 8.98 Å². The minimum absolute atomic E-state index is 0.0896. The van der Waals surface area contributed by atoms with Crippen LogP contribution in [0.2, 0.25) is 0 Å². The van der Waals surface area contributed by atoms with Gasteiger partial charge in [-0.25, -0.2) is 4.68 Å². The van der Waals surface area contributed by atoms with Crippen LogP contribution < -0.4 is 0 Å². The lowest BCUT2D eigenvalue weighted by atomic mass is 10.3. The van der Waals surface area contributed by atoms with E-state index >= 15 is 0 Å². The second kappa shape index (κ2) is 6.00. The molecule has 1 unspecified atom stereocenters. The second-order valence-electron chi connectivity index (χ2n) is 6.08. The van der Waals surface area contributed by atoms with Crippen molar-refractivity contribution in [2.45, 2.75) is 32.9 Å². The smallest absolute Gasteiger partial charge is 0.157 e. The van der Waals surface area contributed by atoms with Gasteiger partial charge in [0.25, 0.3) is 0 Å². The van der Waals surface area contributed by atoms with E-state index in [4.69, 9.17) is 4.42 Å². The van der Waals surface area contributed by atoms with Gasteiger partial charge in [0.1, 0.15) is 23.8 Å². The molecule has 4 heterocycles. The van der Waals surface area contributed by atoms with Crippen LogP contribution in [-0.2, 0) is 0 Å². The molecule has 128 valence electrons. The quantitative estimate of drug-likeness (QED) is 0.600. The maximum absolute atomic E-state index is 5.84. The third-order valence-electron chi connectivity index (χ3n) is 4.06. The van der Waals surface area contributed by atoms with Crippen molar-refractivity contribution in [3.8, 4) is 22.9 Å². The minimum Gasteiger partial charge on any atom is -0.453 e. The van der Waals surface area contributed by atoms with Crippen molar-refractivity contribution >= 4 is 0 Å². The zero-order valence-corrected chi connectivity index (χ0v) is 14.2. The first-order chi connectivity index (χ1) is 12.1. The average Bonchev–Trinajstić information content (AvgIpc) is 3.41. The molecule has 4 aromatic rings. The van der Waals surface area contributed by atoms with Crippen LogP contribution in [0.15, 0.2) is 41.3 Å². The Hall–Kier alpha value is -3.23. The molecule has 9 heteroatoms. The Morgan fingerprint density at radius 3 is 2.68 bits per heavy atom. The average molecular weight is 338 g/mol. The van der Waals surface area contributed by atoms with Gasteiger partial charge in [-0.05, 0) is 39.0 Å². The van der Waals surface area contributed by atoms with Gasteiger partial charge in [-0.2, -0.15) is 5.10 Å². The highest BCUT2D eigenvalue weighted by Crippen LogP contribution is 2.27. The van der Waals surface area contributed by atoms with E-state index < -0.39 is 0 Å². The standard InChI is InChI=1S/C16H18N8O/c1-10(2)23-9-18-21-16(23)11(3)24-8-13(20-22-24)15-5-4-14(25-15)12-6-7-17-19-12/h4-11H,1-3H3,(H,17,19). The monoisotopic (exact) mass is 338 g/mol. The van der Waals surface area contributed by atoms with E-state index in [1.807, 2.05) is 35.9 Å². The van der Waals surface area contributed by atoms with Crippen LogP contribution in [0.3, 0.4) is 0 Å². The first-order valence-corrected chi connectivity index (χ1v) is 8.04. The summed E-state index contributed by atoms with van der Waals surface area (Å²) in [5.41, 5.74) is 1.48. The maximum atomic E-state index is 5.84. The van der Waals surface area contributed by atoms with Gasteiger partial charge in [0.05, 0.1) is 6.20 Å². The summed E-state index contributed by atoms with van der Waals surface area (Å²) in [4.78, 5) is 0. The van der Waals surface area contributed by atoms with Gasteiger partial charge in [0.2, 0.25) is 0 Å². The number of aromatic nitrogens is 8. The summed E-state index contributed by atoms with van der Waals surface area (Å²) < 4.78 is 9.62. The normalized spacial score (nSPS) is 12.8. The zero-order chi connectivity index (χ0) is 17.4. The van der Waals surface area contributed by atoms with Gasteiger partial charge in [0.15, 0.2) is 17.3 Å². The summed E-state index contributed by atoms with van der Waals surface area (Å²) >= 11 is 0. The van der Waals surface area contributed by atoms with Crippen molar-refractivity contribution in [1.29, 1.82) is 0 Å². The third kappa shape index (κ3) is 2.73. The molecule has 0 amide bonds. The molecule has 0 bridgehead atoms. The van der Waals surface area contributed by atoms with Gasteiger partial charge in [-0.1, -0.05) is 5.21 Å². The Bertz CT molecular complexity index is 962. The molecule has 4 rings (SSSR count). The highest BCUT2D eigenvalue weighted by Gasteiger charge is 2.19. The van der Waals surface area contributed by atoms with Crippen LogP contribution in [0.1, 0.15) is 38.7 Å². The van der Waals surface area contributed by atoms with Crippen LogP contribution in [0.4, 0.5) is 0 Å². The molecule has 1 atom stereocenters. The molecule has 0 aliphatic carbocycles. The number of aromatic amines is 1. The molecule has 0 saturated heterocycles. The van der Waals surface area contributed by atoms with Crippen LogP contribution in [-0.4, -0.2) is 40.0 Å². The highest BCUT2D eigenvalue weighted by molar-refractivity contribution is 5.59. The zero-order valence-electron chi connectivity index (χ0n) is 14.2. The first-order valence-electron chi connectivity index (χ1n) is 8.04. The number of furan rings is 1. The summed E-state index contributed by atoms with van der Waals surface area (Å²) in [5, 5.41) is 23.5. The van der Waals surface area contributed by atoms with Crippen LogP contribution >= 0.6 is 0 Å². The molecule has 4 aromatic heterocycles. The lowest BCUT2D eigenvalue weighted by Gasteiger charge is -2.15. The topological polar surface area (TPSA) is 103 Å². The summed E-state index contributed by atoms with van der Waals surface area (Å²) in [6, 6.07) is 5.78. The Kier molecular flexibility index (Phi) is 3.68. The third-order valence-corrected chi connectivity index (χ3v) is 4.06. The van der Waals surface area contributed by atoms with Gasteiger partial charge in [-0.15, -0.1) is 15.3 Å². The molecule has 0 saturated carbocycles. The molecular weight excluding hydrogens is 320 g/mol. The molecule has 0 fully saturated rings. The number of nitrogens with zero attached hydrogens (tertiary/aromatic N) is 7. The summed E-state index contributed by atoms with van der Waals surface area (Å²) in [6.45, 7) is 6.19. The van der Waals surface area contributed by atoms with Crippen molar-refractivity contribution in [2.75, 3.05) is 0 Å². The van der Waals surface area contributed by atoms with Gasteiger partial charge in [-0.3, -0.25) is 5.10 Å². The van der Waals surface area contributed by atoms with E-state index in [9.17, 15) is 0 Å². The molecule has 0 aliphatic heterocycles. The van der Waals surface area contributed by atoms with Crippen molar-refractivity contribution < 1.29 is 4.42 Å². The highest BCUT2D eigenvalue weighted by atomic mass is 16.3. The van der Waals surface area contributed by atoms with E-state index in [1.54, 1.807) is 17.2 Å². The Morgan fingerprint density at radius 1 is 1.08 bits per heavy atom. The number of hydrogen-bond donors (Lipinski definition) is 1. The molecule has 0 radical (unpaired) electrons. The molecule has 0 spiro atoms. The number of hydrogen-bond acceptors (Lipinski definition) is 6. The Labute approximate surface area is 143 Å². The summed E-state index contributed by atoms with van der Waals surface area (Å²) in [7, 11) is 0. The fourth-order valence-corrected chi connectivity index (χ4v) is 2.66. The van der Waals surface area contributed by atoms with Crippen molar-refractivity contribution in [3.05, 3.63) is 42.7 Å². The fraction of sp³-hybridized carbons (Fsp3) is 0.312. The van der Waals surface area contributed by atoms with Gasteiger partial charge in [0, 0.05) is 12.2 Å². The number of H-pyrrole nitrogens is 1. The van der Waals surface area contributed by atoms with Crippen LogP contribution in [0.25, 0.3) is 22.9 Å². The van der Waals surface area contributed by atoms with E-state index in [1.165, 1.54) is 0 Å². The largest absolute Gasteiger partial charge is 0.453 e. The summed E-state index contributed by atoms with van der Waals surface area (Å²) in [6.07, 6.45) is 5.26. The van der Waals surface area contributed by atoms with E-state index in [0.717, 1.165) is 11.5 Å². The van der Waals surface area contributed by atoms with Crippen molar-refractivity contribution in [3.63, 3.8) is 0 Å². The van der Waals surface area contributed by atoms with E-state index in [-0.39, 0.29) is 12.1 Å². The van der Waals surface area contributed by atoms with E-state index in [0.29, 0.717) is 17.2 Å². The first kappa shape index (κ1) is 15.3. The molecule has 1 N–H and O–H groups in total. The SMILES string of the molecule is CC(c1nncn1C(C)C)n1cc(-c2ccc(-c3ccn[nH]3)o2)nn1. The van der Waals surface area contributed by atoms with Gasteiger partial charge >= 0.3 is 0 Å². The number of rotatable bonds is 5. The lowest BCUT2D eigenvalue weighted by molar-refractivity contribution is 0.468. The predicted molar refractivity (Wildman–Crippen MR) is 89.5 cm³/mol. The van der Waals surface area contributed by atoms with Crippen LogP contribution in [0, 0.1) is 0 Å². The fourth-order valence-electron chi connectivity index (χ4n) is 2.66.